The molecule has 88 valence electrons. The van der Waals surface area contributed by atoms with Gasteiger partial charge in [0, 0.05) is 34.2 Å². The quantitative estimate of drug-likeness (QED) is 0.745. The summed E-state index contributed by atoms with van der Waals surface area (Å²) in [6, 6.07) is 5.72. The van der Waals surface area contributed by atoms with Crippen molar-refractivity contribution >= 4 is 39.1 Å². The number of fused-ring (bicyclic) bond motifs is 1. The zero-order valence-corrected chi connectivity index (χ0v) is 10.8. The Bertz CT molecular complexity index is 613. The van der Waals surface area contributed by atoms with E-state index in [1.165, 1.54) is 6.21 Å². The molecule has 1 aromatic heterocycles. The maximum Gasteiger partial charge on any atom is 0.196 e. The third kappa shape index (κ3) is 2.34. The highest BCUT2D eigenvalue weighted by molar-refractivity contribution is 9.10. The molecule has 0 radical (unpaired) electrons. The van der Waals surface area contributed by atoms with Crippen LogP contribution in [0.25, 0.3) is 17.0 Å². The van der Waals surface area contributed by atoms with E-state index in [1.54, 1.807) is 13.1 Å². The minimum atomic E-state index is 0.102. The smallest absolute Gasteiger partial charge is 0.196 e. The molecule has 1 heterocycles. The Hall–Kier alpha value is -1.75. The fraction of sp³-hybridized carbons (Fsp3) is 0.0833. The summed E-state index contributed by atoms with van der Waals surface area (Å²) >= 11 is 3.40. The molecule has 0 unspecified atom stereocenters. The summed E-state index contributed by atoms with van der Waals surface area (Å²) in [5.74, 6) is 0.102. The Morgan fingerprint density at radius 1 is 1.53 bits per heavy atom. The number of hydrogen-bond donors (Lipinski definition) is 3. The third-order valence-electron chi connectivity index (χ3n) is 2.37. The Morgan fingerprint density at radius 2 is 2.29 bits per heavy atom. The largest absolute Gasteiger partial charge is 0.494 e. The lowest BCUT2D eigenvalue weighted by Gasteiger charge is -1.95. The van der Waals surface area contributed by atoms with E-state index in [2.05, 4.69) is 25.9 Å². The van der Waals surface area contributed by atoms with Crippen LogP contribution in [0.4, 0.5) is 0 Å². The van der Waals surface area contributed by atoms with E-state index >= 15 is 0 Å². The summed E-state index contributed by atoms with van der Waals surface area (Å²) in [5, 5.41) is 10.7. The molecule has 4 N–H and O–H groups in total. The second kappa shape index (κ2) is 4.63. The van der Waals surface area contributed by atoms with Gasteiger partial charge in [0.2, 0.25) is 0 Å². The van der Waals surface area contributed by atoms with Crippen molar-refractivity contribution in [3.05, 3.63) is 33.9 Å². The number of aromatic hydroxyl groups is 1. The summed E-state index contributed by atoms with van der Waals surface area (Å²) in [5.41, 5.74) is 7.76. The number of benzene rings is 1. The molecule has 17 heavy (non-hydrogen) atoms. The van der Waals surface area contributed by atoms with Crippen molar-refractivity contribution in [3.63, 3.8) is 0 Å². The van der Waals surface area contributed by atoms with Crippen LogP contribution in [0.2, 0.25) is 0 Å². The van der Waals surface area contributed by atoms with Crippen LogP contribution in [0.1, 0.15) is 5.56 Å². The second-order valence-electron chi connectivity index (χ2n) is 3.61. The summed E-state index contributed by atoms with van der Waals surface area (Å²) in [7, 11) is 1.65. The lowest BCUT2D eigenvalue weighted by Crippen LogP contribution is -1.97. The highest BCUT2D eigenvalue weighted by Gasteiger charge is 2.09. The fourth-order valence-corrected chi connectivity index (χ4v) is 2.03. The Labute approximate surface area is 107 Å². The molecule has 0 saturated carbocycles. The first-order chi connectivity index (χ1) is 8.11. The van der Waals surface area contributed by atoms with E-state index in [4.69, 9.17) is 5.73 Å². The minimum absolute atomic E-state index is 0.102. The Kier molecular flexibility index (Phi) is 3.19. The molecule has 4 nitrogen and oxygen atoms in total. The molecule has 0 aliphatic heterocycles. The van der Waals surface area contributed by atoms with Crippen molar-refractivity contribution in [2.24, 2.45) is 10.7 Å². The molecule has 0 amide bonds. The van der Waals surface area contributed by atoms with Gasteiger partial charge >= 0.3 is 0 Å². The van der Waals surface area contributed by atoms with Crippen molar-refractivity contribution in [1.29, 1.82) is 0 Å². The molecule has 2 rings (SSSR count). The monoisotopic (exact) mass is 293 g/mol. The van der Waals surface area contributed by atoms with Gasteiger partial charge < -0.3 is 15.8 Å². The van der Waals surface area contributed by atoms with Gasteiger partial charge in [0.25, 0.3) is 0 Å². The normalized spacial score (nSPS) is 12.7. The lowest BCUT2D eigenvalue weighted by atomic mass is 10.1. The Morgan fingerprint density at radius 3 is 3.00 bits per heavy atom. The van der Waals surface area contributed by atoms with Crippen molar-refractivity contribution in [2.75, 3.05) is 7.05 Å². The van der Waals surface area contributed by atoms with Gasteiger partial charge in [0.05, 0.1) is 5.70 Å². The molecule has 0 aliphatic rings. The van der Waals surface area contributed by atoms with E-state index in [0.717, 1.165) is 15.4 Å². The topological polar surface area (TPSA) is 74.4 Å². The summed E-state index contributed by atoms with van der Waals surface area (Å²) in [4.78, 5) is 6.72. The molecule has 0 saturated heterocycles. The molecule has 2 aromatic rings. The lowest BCUT2D eigenvalue weighted by molar-refractivity contribution is 0.457. The number of aromatic nitrogens is 1. The molecule has 0 bridgehead atoms. The predicted octanol–water partition coefficient (Wildman–Crippen LogP) is 2.64. The second-order valence-corrected chi connectivity index (χ2v) is 4.52. The van der Waals surface area contributed by atoms with Gasteiger partial charge in [-0.3, -0.25) is 4.99 Å². The SMILES string of the molecule is CN=CC(N)=Cc1c(O)[nH]c2ccc(Br)cc12. The molecule has 1 aromatic carbocycles. The predicted molar refractivity (Wildman–Crippen MR) is 74.2 cm³/mol. The first-order valence-corrected chi connectivity index (χ1v) is 5.80. The maximum absolute atomic E-state index is 9.83. The summed E-state index contributed by atoms with van der Waals surface area (Å²) < 4.78 is 0.946. The molecule has 0 spiro atoms. The van der Waals surface area contributed by atoms with E-state index < -0.39 is 0 Å². The van der Waals surface area contributed by atoms with E-state index in [0.29, 0.717) is 11.3 Å². The zero-order valence-electron chi connectivity index (χ0n) is 9.24. The average Bonchev–Trinajstić information content (AvgIpc) is 2.56. The van der Waals surface area contributed by atoms with Gasteiger partial charge in [0.1, 0.15) is 0 Å². The van der Waals surface area contributed by atoms with Gasteiger partial charge in [-0.15, -0.1) is 0 Å². The van der Waals surface area contributed by atoms with Crippen molar-refractivity contribution in [2.45, 2.75) is 0 Å². The third-order valence-corrected chi connectivity index (χ3v) is 2.86. The van der Waals surface area contributed by atoms with Gasteiger partial charge in [-0.2, -0.15) is 0 Å². The number of hydrogen-bond acceptors (Lipinski definition) is 3. The average molecular weight is 294 g/mol. The van der Waals surface area contributed by atoms with Crippen LogP contribution in [0, 0.1) is 0 Å². The van der Waals surface area contributed by atoms with E-state index in [9.17, 15) is 5.11 Å². The summed E-state index contributed by atoms with van der Waals surface area (Å²) in [6.07, 6.45) is 3.23. The van der Waals surface area contributed by atoms with Crippen molar-refractivity contribution in [3.8, 4) is 5.88 Å². The molecule has 0 atom stereocenters. The molecule has 0 aliphatic carbocycles. The van der Waals surface area contributed by atoms with Crippen LogP contribution in [0.5, 0.6) is 5.88 Å². The minimum Gasteiger partial charge on any atom is -0.494 e. The number of nitrogens with zero attached hydrogens (tertiary/aromatic N) is 1. The molecule has 0 fully saturated rings. The first-order valence-electron chi connectivity index (χ1n) is 5.01. The van der Waals surface area contributed by atoms with Gasteiger partial charge in [-0.1, -0.05) is 15.9 Å². The van der Waals surface area contributed by atoms with Crippen LogP contribution in [-0.4, -0.2) is 23.4 Å². The van der Waals surface area contributed by atoms with Crippen LogP contribution in [0.3, 0.4) is 0 Å². The van der Waals surface area contributed by atoms with Crippen LogP contribution in [0.15, 0.2) is 33.4 Å². The number of allylic oxidation sites excluding steroid dienone is 1. The van der Waals surface area contributed by atoms with E-state index in [1.807, 2.05) is 18.2 Å². The standard InChI is InChI=1S/C12H12BrN3O/c1-15-6-8(14)5-10-9-4-7(13)2-3-11(9)16-12(10)17/h2-6,16-17H,14H2,1H3. The number of aliphatic imine (C=N–C) groups is 1. The highest BCUT2D eigenvalue weighted by Crippen LogP contribution is 2.30. The fourth-order valence-electron chi connectivity index (χ4n) is 1.67. The zero-order chi connectivity index (χ0) is 12.4. The highest BCUT2D eigenvalue weighted by atomic mass is 79.9. The van der Waals surface area contributed by atoms with Crippen molar-refractivity contribution in [1.82, 2.24) is 4.98 Å². The van der Waals surface area contributed by atoms with Crippen molar-refractivity contribution < 1.29 is 5.11 Å². The summed E-state index contributed by atoms with van der Waals surface area (Å²) in [6.45, 7) is 0. The van der Waals surface area contributed by atoms with Gasteiger partial charge in [-0.05, 0) is 24.3 Å². The van der Waals surface area contributed by atoms with Gasteiger partial charge in [0.15, 0.2) is 5.88 Å². The molecule has 5 heteroatoms. The number of halogens is 1. The molecular formula is C12H12BrN3O. The first kappa shape index (κ1) is 11.7. The van der Waals surface area contributed by atoms with Crippen LogP contribution >= 0.6 is 15.9 Å². The number of aromatic amines is 1. The van der Waals surface area contributed by atoms with Crippen LogP contribution in [-0.2, 0) is 0 Å². The maximum atomic E-state index is 9.83. The van der Waals surface area contributed by atoms with Gasteiger partial charge in [-0.25, -0.2) is 0 Å². The number of rotatable bonds is 2. The number of nitrogens with one attached hydrogen (secondary N) is 1. The van der Waals surface area contributed by atoms with Crippen LogP contribution < -0.4 is 5.73 Å². The van der Waals surface area contributed by atoms with E-state index in [-0.39, 0.29) is 5.88 Å². The number of H-pyrrole nitrogens is 1. The Balaban J connectivity index is 2.63. The molecular weight excluding hydrogens is 282 g/mol. The number of nitrogens with two attached hydrogens (primary N) is 1.